The molecule has 0 bridgehead atoms. The normalized spacial score (nSPS) is 10.6. The number of thiophene rings is 1. The van der Waals surface area contributed by atoms with E-state index in [1.54, 1.807) is 17.4 Å². The summed E-state index contributed by atoms with van der Waals surface area (Å²) in [6, 6.07) is 15.4. The van der Waals surface area contributed by atoms with Crippen LogP contribution in [0.25, 0.3) is 10.1 Å². The summed E-state index contributed by atoms with van der Waals surface area (Å²) in [4.78, 5) is 24.0. The topological polar surface area (TPSA) is 55.4 Å². The Bertz CT molecular complexity index is 901. The summed E-state index contributed by atoms with van der Waals surface area (Å²) in [7, 11) is 0. The molecule has 0 aliphatic carbocycles. The van der Waals surface area contributed by atoms with Gasteiger partial charge in [-0.2, -0.15) is 0 Å². The van der Waals surface area contributed by atoms with Gasteiger partial charge in [-0.25, -0.2) is 0 Å². The van der Waals surface area contributed by atoms with E-state index >= 15 is 0 Å². The van der Waals surface area contributed by atoms with Crippen molar-refractivity contribution in [3.63, 3.8) is 0 Å². The molecule has 1 N–H and O–H groups in total. The molecule has 1 aromatic heterocycles. The number of benzene rings is 2. The Kier molecular flexibility index (Phi) is 5.46. The predicted octanol–water partition coefficient (Wildman–Crippen LogP) is 4.07. The van der Waals surface area contributed by atoms with Gasteiger partial charge in [0.05, 0.1) is 6.42 Å². The van der Waals surface area contributed by atoms with Crippen molar-refractivity contribution in [3.05, 3.63) is 70.6 Å². The number of esters is 1. The second-order valence-electron chi connectivity index (χ2n) is 5.74. The van der Waals surface area contributed by atoms with Crippen LogP contribution in [-0.4, -0.2) is 18.4 Å². The SMILES string of the molecule is Cc1ccccc1C(=O)NCCC(=O)OCc1csc2ccccc12. The van der Waals surface area contributed by atoms with Gasteiger partial charge in [0.25, 0.3) is 5.91 Å². The minimum atomic E-state index is -0.319. The van der Waals surface area contributed by atoms with Gasteiger partial charge in [-0.1, -0.05) is 36.4 Å². The Labute approximate surface area is 150 Å². The van der Waals surface area contributed by atoms with Crippen molar-refractivity contribution in [1.82, 2.24) is 5.32 Å². The van der Waals surface area contributed by atoms with Crippen LogP contribution >= 0.6 is 11.3 Å². The number of amides is 1. The van der Waals surface area contributed by atoms with Crippen LogP contribution in [-0.2, 0) is 16.1 Å². The largest absolute Gasteiger partial charge is 0.461 e. The molecule has 0 spiro atoms. The zero-order valence-corrected chi connectivity index (χ0v) is 14.8. The van der Waals surface area contributed by atoms with Crippen LogP contribution in [0.4, 0.5) is 0 Å². The molecule has 25 heavy (non-hydrogen) atoms. The van der Waals surface area contributed by atoms with E-state index in [0.717, 1.165) is 16.5 Å². The first-order chi connectivity index (χ1) is 12.1. The quantitative estimate of drug-likeness (QED) is 0.680. The summed E-state index contributed by atoms with van der Waals surface area (Å²) in [5.74, 6) is -0.491. The van der Waals surface area contributed by atoms with Crippen molar-refractivity contribution in [2.75, 3.05) is 6.54 Å². The third-order valence-corrected chi connectivity index (χ3v) is 4.97. The molecular formula is C20H19NO3S. The predicted molar refractivity (Wildman–Crippen MR) is 99.8 cm³/mol. The summed E-state index contributed by atoms with van der Waals surface area (Å²) in [5, 5.41) is 5.89. The van der Waals surface area contributed by atoms with Crippen molar-refractivity contribution >= 4 is 33.3 Å². The Morgan fingerprint density at radius 1 is 1.08 bits per heavy atom. The van der Waals surface area contributed by atoms with Crippen LogP contribution in [0.1, 0.15) is 27.9 Å². The van der Waals surface area contributed by atoms with Crippen LogP contribution in [0.15, 0.2) is 53.9 Å². The molecule has 5 heteroatoms. The van der Waals surface area contributed by atoms with Gasteiger partial charge >= 0.3 is 5.97 Å². The number of carbonyl (C=O) groups is 2. The summed E-state index contributed by atoms with van der Waals surface area (Å²) >= 11 is 1.64. The van der Waals surface area contributed by atoms with E-state index in [1.165, 1.54) is 4.70 Å². The molecule has 0 saturated heterocycles. The fourth-order valence-electron chi connectivity index (χ4n) is 2.58. The number of fused-ring (bicyclic) bond motifs is 1. The highest BCUT2D eigenvalue weighted by Gasteiger charge is 2.10. The van der Waals surface area contributed by atoms with Crippen LogP contribution in [0.2, 0.25) is 0 Å². The van der Waals surface area contributed by atoms with Gasteiger partial charge in [0.15, 0.2) is 0 Å². The van der Waals surface area contributed by atoms with E-state index in [1.807, 2.05) is 54.8 Å². The molecule has 3 rings (SSSR count). The maximum atomic E-state index is 12.1. The molecule has 0 aliphatic rings. The molecule has 0 aliphatic heterocycles. The van der Waals surface area contributed by atoms with Crippen molar-refractivity contribution in [2.45, 2.75) is 20.0 Å². The molecular weight excluding hydrogens is 334 g/mol. The first-order valence-corrected chi connectivity index (χ1v) is 8.97. The maximum absolute atomic E-state index is 12.1. The minimum Gasteiger partial charge on any atom is -0.461 e. The van der Waals surface area contributed by atoms with Crippen LogP contribution in [0, 0.1) is 6.92 Å². The third kappa shape index (κ3) is 4.25. The first-order valence-electron chi connectivity index (χ1n) is 8.09. The lowest BCUT2D eigenvalue weighted by Crippen LogP contribution is -2.27. The van der Waals surface area contributed by atoms with E-state index in [0.29, 0.717) is 5.56 Å². The van der Waals surface area contributed by atoms with Crippen LogP contribution < -0.4 is 5.32 Å². The highest BCUT2D eigenvalue weighted by Crippen LogP contribution is 2.26. The Morgan fingerprint density at radius 2 is 1.84 bits per heavy atom. The lowest BCUT2D eigenvalue weighted by Gasteiger charge is -2.08. The lowest BCUT2D eigenvalue weighted by molar-refractivity contribution is -0.144. The van der Waals surface area contributed by atoms with Gasteiger partial charge in [-0.05, 0) is 35.4 Å². The first kappa shape index (κ1) is 17.2. The Hall–Kier alpha value is -2.66. The van der Waals surface area contributed by atoms with Gasteiger partial charge in [0.1, 0.15) is 6.61 Å². The van der Waals surface area contributed by atoms with E-state index in [9.17, 15) is 9.59 Å². The van der Waals surface area contributed by atoms with Gasteiger partial charge in [-0.3, -0.25) is 9.59 Å². The van der Waals surface area contributed by atoms with Gasteiger partial charge in [0, 0.05) is 22.4 Å². The number of hydrogen-bond acceptors (Lipinski definition) is 4. The molecule has 128 valence electrons. The lowest BCUT2D eigenvalue weighted by atomic mass is 10.1. The van der Waals surface area contributed by atoms with E-state index < -0.39 is 0 Å². The highest BCUT2D eigenvalue weighted by atomic mass is 32.1. The Morgan fingerprint density at radius 3 is 2.68 bits per heavy atom. The highest BCUT2D eigenvalue weighted by molar-refractivity contribution is 7.17. The average molecular weight is 353 g/mol. The molecule has 1 heterocycles. The molecule has 0 saturated carbocycles. The fourth-order valence-corrected chi connectivity index (χ4v) is 3.52. The van der Waals surface area contributed by atoms with Crippen molar-refractivity contribution in [3.8, 4) is 0 Å². The summed E-state index contributed by atoms with van der Waals surface area (Å²) in [6.07, 6.45) is 0.152. The zero-order valence-electron chi connectivity index (χ0n) is 14.0. The summed E-state index contributed by atoms with van der Waals surface area (Å²) < 4.78 is 6.50. The van der Waals surface area contributed by atoms with Crippen LogP contribution in [0.5, 0.6) is 0 Å². The monoisotopic (exact) mass is 353 g/mol. The zero-order chi connectivity index (χ0) is 17.6. The molecule has 3 aromatic rings. The number of ether oxygens (including phenoxy) is 1. The van der Waals surface area contributed by atoms with Crippen LogP contribution in [0.3, 0.4) is 0 Å². The number of nitrogens with one attached hydrogen (secondary N) is 1. The van der Waals surface area contributed by atoms with E-state index in [2.05, 4.69) is 5.32 Å². The minimum absolute atomic E-state index is 0.152. The molecule has 4 nitrogen and oxygen atoms in total. The average Bonchev–Trinajstić information content (AvgIpc) is 3.03. The Balaban J connectivity index is 1.45. The molecule has 0 atom stereocenters. The second kappa shape index (κ2) is 7.94. The van der Waals surface area contributed by atoms with Crippen molar-refractivity contribution < 1.29 is 14.3 Å². The maximum Gasteiger partial charge on any atom is 0.307 e. The number of aryl methyl sites for hydroxylation is 1. The molecule has 0 unspecified atom stereocenters. The summed E-state index contributed by atoms with van der Waals surface area (Å²) in [5.41, 5.74) is 2.55. The number of carbonyl (C=O) groups excluding carboxylic acids is 2. The summed E-state index contributed by atoms with van der Waals surface area (Å²) in [6.45, 7) is 2.40. The third-order valence-electron chi connectivity index (χ3n) is 3.95. The fraction of sp³-hybridized carbons (Fsp3) is 0.200. The molecule has 2 aromatic carbocycles. The van der Waals surface area contributed by atoms with E-state index in [4.69, 9.17) is 4.74 Å². The van der Waals surface area contributed by atoms with Gasteiger partial charge < -0.3 is 10.1 Å². The number of rotatable bonds is 6. The smallest absolute Gasteiger partial charge is 0.307 e. The van der Waals surface area contributed by atoms with Crippen molar-refractivity contribution in [2.24, 2.45) is 0 Å². The number of hydrogen-bond donors (Lipinski definition) is 1. The molecule has 0 radical (unpaired) electrons. The molecule has 1 amide bonds. The standard InChI is InChI=1S/C20H19NO3S/c1-14-6-2-3-7-16(14)20(23)21-11-10-19(22)24-12-15-13-25-18-9-5-4-8-17(15)18/h2-9,13H,10-12H2,1H3,(H,21,23). The van der Waals surface area contributed by atoms with E-state index in [-0.39, 0.29) is 31.4 Å². The second-order valence-corrected chi connectivity index (χ2v) is 6.65. The van der Waals surface area contributed by atoms with Gasteiger partial charge in [0.2, 0.25) is 0 Å². The molecule has 0 fully saturated rings. The van der Waals surface area contributed by atoms with Crippen molar-refractivity contribution in [1.29, 1.82) is 0 Å². The van der Waals surface area contributed by atoms with Gasteiger partial charge in [-0.15, -0.1) is 11.3 Å².